The van der Waals surface area contributed by atoms with E-state index >= 15 is 0 Å². The molecule has 0 saturated heterocycles. The van der Waals surface area contributed by atoms with Crippen molar-refractivity contribution in [2.24, 2.45) is 0 Å². The van der Waals surface area contributed by atoms with Gasteiger partial charge in [0, 0.05) is 30.3 Å². The van der Waals surface area contributed by atoms with E-state index in [9.17, 15) is 9.59 Å². The summed E-state index contributed by atoms with van der Waals surface area (Å²) in [7, 11) is 0. The number of aromatic nitrogens is 1. The number of carboxylic acid groups (broad SMARTS) is 2. The van der Waals surface area contributed by atoms with Gasteiger partial charge in [-0.15, -0.1) is 0 Å². The van der Waals surface area contributed by atoms with Crippen molar-refractivity contribution in [3.8, 4) is 5.75 Å². The van der Waals surface area contributed by atoms with E-state index < -0.39 is 11.9 Å². The van der Waals surface area contributed by atoms with Crippen molar-refractivity contribution in [1.82, 2.24) is 10.3 Å². The minimum atomic E-state index is -1.26. The number of carboxylic acids is 2. The lowest BCUT2D eigenvalue weighted by Gasteiger charge is -2.20. The number of aryl methyl sites for hydroxylation is 1. The summed E-state index contributed by atoms with van der Waals surface area (Å²) >= 11 is 0. The molecule has 3 aromatic carbocycles. The Morgan fingerprint density at radius 3 is 1.90 bits per heavy atom. The Balaban J connectivity index is 0.000000531. The Morgan fingerprint density at radius 2 is 1.40 bits per heavy atom. The number of pyridine rings is 1. The summed E-state index contributed by atoms with van der Waals surface area (Å²) in [6, 6.07) is 34.5. The van der Waals surface area contributed by atoms with E-state index in [0.717, 1.165) is 36.4 Å². The minimum Gasteiger partial charge on any atom is -0.487 e. The van der Waals surface area contributed by atoms with Crippen LogP contribution in [0.15, 0.2) is 115 Å². The molecule has 0 aliphatic carbocycles. The molecule has 7 heteroatoms. The first kappa shape index (κ1) is 31.8. The second kappa shape index (κ2) is 17.1. The predicted molar refractivity (Wildman–Crippen MR) is 165 cm³/mol. The summed E-state index contributed by atoms with van der Waals surface area (Å²) in [6.07, 6.45) is 5.04. The average molecular weight is 567 g/mol. The molecule has 1 atom stereocenters. The van der Waals surface area contributed by atoms with Gasteiger partial charge < -0.3 is 20.3 Å². The largest absolute Gasteiger partial charge is 0.487 e. The molecule has 4 aromatic rings. The first-order valence-corrected chi connectivity index (χ1v) is 13.9. The monoisotopic (exact) mass is 566 g/mol. The van der Waals surface area contributed by atoms with E-state index in [2.05, 4.69) is 108 Å². The maximum absolute atomic E-state index is 9.55. The zero-order chi connectivity index (χ0) is 30.2. The van der Waals surface area contributed by atoms with Crippen LogP contribution >= 0.6 is 0 Å². The van der Waals surface area contributed by atoms with Gasteiger partial charge in [-0.3, -0.25) is 4.98 Å². The highest BCUT2D eigenvalue weighted by Gasteiger charge is 2.14. The lowest BCUT2D eigenvalue weighted by Crippen LogP contribution is -2.30. The Kier molecular flexibility index (Phi) is 13.0. The van der Waals surface area contributed by atoms with E-state index in [1.165, 1.54) is 16.7 Å². The third-order valence-electron chi connectivity index (χ3n) is 6.52. The standard InChI is InChI=1S/C31H34N2O.C4H4O4/c1-24-13-16-29(33-22-24)23-34-30-17-14-26(15-18-30)21-25(2)32-20-19-31(27-9-5-3-6-10-27)28-11-7-4-8-12-28;5-3(6)1-2-4(7)8/h3-18,22,25,31-32H,19-21,23H2,1-2H3;1-2H,(H,5,6)(H,7,8)/b;2-1-. The molecule has 218 valence electrons. The van der Waals surface area contributed by atoms with Crippen molar-refractivity contribution in [3.05, 3.63) is 143 Å². The Bertz CT molecular complexity index is 1330. The fourth-order valence-corrected chi connectivity index (χ4v) is 4.40. The Labute approximate surface area is 247 Å². The van der Waals surface area contributed by atoms with Crippen molar-refractivity contribution in [2.45, 2.75) is 45.3 Å². The van der Waals surface area contributed by atoms with E-state index in [1.807, 2.05) is 19.2 Å². The molecule has 7 nitrogen and oxygen atoms in total. The molecular formula is C35H38N2O5. The fraction of sp³-hybridized carbons (Fsp3) is 0.229. The number of carbonyl (C=O) groups is 2. The van der Waals surface area contributed by atoms with Crippen LogP contribution in [0, 0.1) is 6.92 Å². The summed E-state index contributed by atoms with van der Waals surface area (Å²) in [4.78, 5) is 23.5. The molecule has 0 fully saturated rings. The smallest absolute Gasteiger partial charge is 0.328 e. The van der Waals surface area contributed by atoms with Gasteiger partial charge in [0.2, 0.25) is 0 Å². The molecule has 0 aliphatic rings. The van der Waals surface area contributed by atoms with Gasteiger partial charge in [-0.05, 0) is 73.7 Å². The molecular weight excluding hydrogens is 528 g/mol. The van der Waals surface area contributed by atoms with Crippen molar-refractivity contribution in [3.63, 3.8) is 0 Å². The van der Waals surface area contributed by atoms with Crippen molar-refractivity contribution in [2.75, 3.05) is 6.54 Å². The second-order valence-electron chi connectivity index (χ2n) is 9.99. The number of aliphatic carboxylic acids is 2. The van der Waals surface area contributed by atoms with Gasteiger partial charge >= 0.3 is 11.9 Å². The topological polar surface area (TPSA) is 109 Å². The lowest BCUT2D eigenvalue weighted by atomic mass is 9.88. The van der Waals surface area contributed by atoms with E-state index in [4.69, 9.17) is 14.9 Å². The average Bonchev–Trinajstić information content (AvgIpc) is 3.00. The maximum atomic E-state index is 9.55. The molecule has 3 N–H and O–H groups in total. The van der Waals surface area contributed by atoms with Crippen LogP contribution in [-0.2, 0) is 22.6 Å². The number of nitrogens with one attached hydrogen (secondary N) is 1. The first-order valence-electron chi connectivity index (χ1n) is 13.9. The molecule has 1 heterocycles. The molecule has 1 unspecified atom stereocenters. The van der Waals surface area contributed by atoms with Gasteiger partial charge in [0.1, 0.15) is 12.4 Å². The highest BCUT2D eigenvalue weighted by atomic mass is 16.5. The number of hydrogen-bond acceptors (Lipinski definition) is 5. The molecule has 0 amide bonds. The fourth-order valence-electron chi connectivity index (χ4n) is 4.40. The normalized spacial score (nSPS) is 11.5. The summed E-state index contributed by atoms with van der Waals surface area (Å²) in [6.45, 7) is 5.76. The molecule has 0 bridgehead atoms. The van der Waals surface area contributed by atoms with Gasteiger partial charge in [0.15, 0.2) is 0 Å². The van der Waals surface area contributed by atoms with Crippen LogP contribution in [0.5, 0.6) is 5.75 Å². The Hall–Kier alpha value is -4.75. The summed E-state index contributed by atoms with van der Waals surface area (Å²) in [5, 5.41) is 19.4. The second-order valence-corrected chi connectivity index (χ2v) is 9.99. The first-order chi connectivity index (χ1) is 20.3. The zero-order valence-corrected chi connectivity index (χ0v) is 24.0. The molecule has 0 radical (unpaired) electrons. The number of ether oxygens (including phenoxy) is 1. The van der Waals surface area contributed by atoms with Gasteiger partial charge in [-0.1, -0.05) is 78.9 Å². The number of nitrogens with zero attached hydrogens (tertiary/aromatic N) is 1. The van der Waals surface area contributed by atoms with E-state index in [-0.39, 0.29) is 0 Å². The lowest BCUT2D eigenvalue weighted by molar-refractivity contribution is -0.134. The van der Waals surface area contributed by atoms with Crippen molar-refractivity contribution >= 4 is 11.9 Å². The maximum Gasteiger partial charge on any atom is 0.328 e. The highest BCUT2D eigenvalue weighted by molar-refractivity contribution is 5.89. The molecule has 4 rings (SSSR count). The number of rotatable bonds is 13. The predicted octanol–water partition coefficient (Wildman–Crippen LogP) is 6.42. The number of hydrogen-bond donors (Lipinski definition) is 3. The molecule has 0 saturated carbocycles. The summed E-state index contributed by atoms with van der Waals surface area (Å²) < 4.78 is 5.89. The van der Waals surface area contributed by atoms with Gasteiger partial charge in [-0.2, -0.15) is 0 Å². The van der Waals surface area contributed by atoms with Gasteiger partial charge in [-0.25, -0.2) is 9.59 Å². The molecule has 1 aromatic heterocycles. The van der Waals surface area contributed by atoms with Crippen LogP contribution in [0.1, 0.15) is 47.2 Å². The zero-order valence-electron chi connectivity index (χ0n) is 24.0. The van der Waals surface area contributed by atoms with Crippen molar-refractivity contribution in [1.29, 1.82) is 0 Å². The van der Waals surface area contributed by atoms with E-state index in [0.29, 0.717) is 30.7 Å². The van der Waals surface area contributed by atoms with Crippen LogP contribution in [0.3, 0.4) is 0 Å². The van der Waals surface area contributed by atoms with Crippen LogP contribution in [0.25, 0.3) is 0 Å². The molecule has 0 aliphatic heterocycles. The third-order valence-corrected chi connectivity index (χ3v) is 6.52. The molecule has 42 heavy (non-hydrogen) atoms. The minimum absolute atomic E-state index is 0.399. The molecule has 0 spiro atoms. The third kappa shape index (κ3) is 11.8. The summed E-state index contributed by atoms with van der Waals surface area (Å²) in [5.74, 6) is -1.23. The van der Waals surface area contributed by atoms with Crippen LogP contribution in [-0.4, -0.2) is 39.7 Å². The van der Waals surface area contributed by atoms with Gasteiger partial charge in [0.25, 0.3) is 0 Å². The Morgan fingerprint density at radius 1 is 0.833 bits per heavy atom. The van der Waals surface area contributed by atoms with Crippen LogP contribution in [0.2, 0.25) is 0 Å². The number of benzene rings is 3. The summed E-state index contributed by atoms with van der Waals surface area (Å²) in [5.41, 5.74) is 6.16. The highest BCUT2D eigenvalue weighted by Crippen LogP contribution is 2.27. The van der Waals surface area contributed by atoms with Crippen LogP contribution < -0.4 is 10.1 Å². The quantitative estimate of drug-likeness (QED) is 0.160. The van der Waals surface area contributed by atoms with E-state index in [1.54, 1.807) is 0 Å². The van der Waals surface area contributed by atoms with Crippen molar-refractivity contribution < 1.29 is 24.5 Å². The van der Waals surface area contributed by atoms with Gasteiger partial charge in [0.05, 0.1) is 5.69 Å². The SMILES string of the molecule is Cc1ccc(COc2ccc(CC(C)NCCC(c3ccccc3)c3ccccc3)cc2)nc1.O=C(O)/C=C\C(=O)O. The van der Waals surface area contributed by atoms with Crippen LogP contribution in [0.4, 0.5) is 0 Å².